The summed E-state index contributed by atoms with van der Waals surface area (Å²) in [5.74, 6) is 1.30. The van der Waals surface area contributed by atoms with Crippen molar-refractivity contribution < 1.29 is 4.79 Å². The Bertz CT molecular complexity index is 210. The molecule has 0 aromatic carbocycles. The van der Waals surface area contributed by atoms with E-state index < -0.39 is 0 Å². The Kier molecular flexibility index (Phi) is 3.09. The van der Waals surface area contributed by atoms with Gasteiger partial charge in [-0.2, -0.15) is 0 Å². The van der Waals surface area contributed by atoms with Gasteiger partial charge in [0.05, 0.1) is 0 Å². The summed E-state index contributed by atoms with van der Waals surface area (Å²) in [4.78, 5) is 13.8. The molecule has 1 aliphatic carbocycles. The van der Waals surface area contributed by atoms with Crippen LogP contribution < -0.4 is 0 Å². The number of rotatable bonds is 3. The zero-order chi connectivity index (χ0) is 9.97. The normalized spacial score (nSPS) is 27.8. The first-order valence-corrected chi connectivity index (χ1v) is 6.10. The molecule has 0 bridgehead atoms. The van der Waals surface area contributed by atoms with Crippen molar-refractivity contribution in [3.8, 4) is 0 Å². The highest BCUT2D eigenvalue weighted by Crippen LogP contribution is 2.34. The van der Waals surface area contributed by atoms with Gasteiger partial charge in [-0.3, -0.25) is 4.79 Å². The maximum Gasteiger partial charge on any atom is 0.222 e. The first-order chi connectivity index (χ1) is 6.81. The number of carbonyl (C=O) groups excluding carboxylic acids is 1. The molecule has 0 aromatic heterocycles. The van der Waals surface area contributed by atoms with Crippen LogP contribution in [0.1, 0.15) is 51.9 Å². The number of nitrogens with zero attached hydrogens (tertiary/aromatic N) is 1. The van der Waals surface area contributed by atoms with Crippen LogP contribution in [0.2, 0.25) is 0 Å². The van der Waals surface area contributed by atoms with Crippen molar-refractivity contribution in [2.45, 2.75) is 57.9 Å². The van der Waals surface area contributed by atoms with Crippen LogP contribution in [0, 0.1) is 5.92 Å². The van der Waals surface area contributed by atoms with Gasteiger partial charge in [0.15, 0.2) is 0 Å². The van der Waals surface area contributed by atoms with E-state index in [9.17, 15) is 4.79 Å². The fourth-order valence-electron chi connectivity index (χ4n) is 2.73. The van der Waals surface area contributed by atoms with Crippen LogP contribution in [0.5, 0.6) is 0 Å². The number of hydrogen-bond acceptors (Lipinski definition) is 1. The molecule has 1 atom stereocenters. The van der Waals surface area contributed by atoms with Crippen molar-refractivity contribution in [2.75, 3.05) is 6.54 Å². The number of carbonyl (C=O) groups is 1. The Hall–Kier alpha value is -0.530. The second kappa shape index (κ2) is 4.33. The highest BCUT2D eigenvalue weighted by molar-refractivity contribution is 5.76. The van der Waals surface area contributed by atoms with Crippen LogP contribution in [0.4, 0.5) is 0 Å². The quantitative estimate of drug-likeness (QED) is 0.678. The molecule has 14 heavy (non-hydrogen) atoms. The van der Waals surface area contributed by atoms with Crippen molar-refractivity contribution in [1.82, 2.24) is 4.90 Å². The van der Waals surface area contributed by atoms with E-state index in [0.717, 1.165) is 12.5 Å². The zero-order valence-electron chi connectivity index (χ0n) is 9.17. The summed E-state index contributed by atoms with van der Waals surface area (Å²) in [6, 6.07) is 0.591. The first-order valence-electron chi connectivity index (χ1n) is 6.10. The lowest BCUT2D eigenvalue weighted by molar-refractivity contribution is -0.132. The molecule has 1 saturated heterocycles. The van der Waals surface area contributed by atoms with Gasteiger partial charge in [0.1, 0.15) is 0 Å². The third-order valence-corrected chi connectivity index (χ3v) is 3.83. The van der Waals surface area contributed by atoms with Crippen LogP contribution >= 0.6 is 0 Å². The molecule has 0 N–H and O–H groups in total. The molecule has 2 nitrogen and oxygen atoms in total. The van der Waals surface area contributed by atoms with E-state index in [1.165, 1.54) is 38.5 Å². The smallest absolute Gasteiger partial charge is 0.222 e. The average molecular weight is 195 g/mol. The Labute approximate surface area is 86.7 Å². The van der Waals surface area contributed by atoms with E-state index >= 15 is 0 Å². The van der Waals surface area contributed by atoms with Gasteiger partial charge in [0, 0.05) is 19.0 Å². The minimum Gasteiger partial charge on any atom is -0.340 e. The standard InChI is InChI=1S/C12H21NO/c1-2-12(14)13-8-4-7-11(13)9-10-5-3-6-10/h10-11H,2-9H2,1H3. The van der Waals surface area contributed by atoms with E-state index in [-0.39, 0.29) is 0 Å². The van der Waals surface area contributed by atoms with E-state index in [1.54, 1.807) is 0 Å². The van der Waals surface area contributed by atoms with E-state index in [2.05, 4.69) is 4.90 Å². The van der Waals surface area contributed by atoms with Gasteiger partial charge in [0.2, 0.25) is 5.91 Å². The second-order valence-corrected chi connectivity index (χ2v) is 4.77. The summed E-state index contributed by atoms with van der Waals surface area (Å²) >= 11 is 0. The van der Waals surface area contributed by atoms with Crippen LogP contribution in [0.15, 0.2) is 0 Å². The topological polar surface area (TPSA) is 20.3 Å². The predicted molar refractivity (Wildman–Crippen MR) is 57.0 cm³/mol. The number of hydrogen-bond donors (Lipinski definition) is 0. The van der Waals surface area contributed by atoms with Gasteiger partial charge < -0.3 is 4.90 Å². The summed E-state index contributed by atoms with van der Waals surface area (Å²) in [5.41, 5.74) is 0. The van der Waals surface area contributed by atoms with Gasteiger partial charge in [-0.15, -0.1) is 0 Å². The molecule has 2 rings (SSSR count). The lowest BCUT2D eigenvalue weighted by atomic mass is 9.80. The fraction of sp³-hybridized carbons (Fsp3) is 0.917. The summed E-state index contributed by atoms with van der Waals surface area (Å²) in [7, 11) is 0. The van der Waals surface area contributed by atoms with E-state index in [1.807, 2.05) is 6.92 Å². The Morgan fingerprint density at radius 2 is 2.07 bits per heavy atom. The summed E-state index contributed by atoms with van der Waals surface area (Å²) < 4.78 is 0. The van der Waals surface area contributed by atoms with Crippen LogP contribution in [-0.2, 0) is 4.79 Å². The molecule has 1 amide bonds. The summed E-state index contributed by atoms with van der Waals surface area (Å²) in [5, 5.41) is 0. The minimum atomic E-state index is 0.367. The Morgan fingerprint density at radius 3 is 2.64 bits per heavy atom. The third kappa shape index (κ3) is 1.94. The van der Waals surface area contributed by atoms with E-state index in [4.69, 9.17) is 0 Å². The second-order valence-electron chi connectivity index (χ2n) is 4.77. The predicted octanol–water partition coefficient (Wildman–Crippen LogP) is 2.58. The van der Waals surface area contributed by atoms with Gasteiger partial charge in [0.25, 0.3) is 0 Å². The minimum absolute atomic E-state index is 0.367. The molecule has 2 fully saturated rings. The molecule has 0 radical (unpaired) electrons. The van der Waals surface area contributed by atoms with Crippen molar-refractivity contribution in [1.29, 1.82) is 0 Å². The maximum atomic E-state index is 11.6. The first kappa shape index (κ1) is 10.0. The van der Waals surface area contributed by atoms with Crippen molar-refractivity contribution in [2.24, 2.45) is 5.92 Å². The number of likely N-dealkylation sites (tertiary alicyclic amines) is 1. The lowest BCUT2D eigenvalue weighted by Crippen LogP contribution is -2.37. The van der Waals surface area contributed by atoms with Crippen molar-refractivity contribution >= 4 is 5.91 Å². The van der Waals surface area contributed by atoms with Gasteiger partial charge in [-0.25, -0.2) is 0 Å². The molecule has 2 aliphatic rings. The Morgan fingerprint density at radius 1 is 1.29 bits per heavy atom. The van der Waals surface area contributed by atoms with Gasteiger partial charge in [-0.1, -0.05) is 26.2 Å². The Balaban J connectivity index is 1.85. The van der Waals surface area contributed by atoms with E-state index in [0.29, 0.717) is 18.4 Å². The average Bonchev–Trinajstić information content (AvgIpc) is 2.58. The number of amides is 1. The van der Waals surface area contributed by atoms with Gasteiger partial charge >= 0.3 is 0 Å². The largest absolute Gasteiger partial charge is 0.340 e. The molecule has 2 heteroatoms. The molecule has 0 aromatic rings. The van der Waals surface area contributed by atoms with Crippen molar-refractivity contribution in [3.05, 3.63) is 0 Å². The van der Waals surface area contributed by atoms with Gasteiger partial charge in [-0.05, 0) is 25.2 Å². The maximum absolute atomic E-state index is 11.6. The lowest BCUT2D eigenvalue weighted by Gasteiger charge is -2.32. The fourth-order valence-corrected chi connectivity index (χ4v) is 2.73. The third-order valence-electron chi connectivity index (χ3n) is 3.83. The monoisotopic (exact) mass is 195 g/mol. The zero-order valence-corrected chi connectivity index (χ0v) is 9.17. The molecule has 1 aliphatic heterocycles. The molecular formula is C12H21NO. The molecule has 1 saturated carbocycles. The van der Waals surface area contributed by atoms with Crippen molar-refractivity contribution in [3.63, 3.8) is 0 Å². The molecule has 1 heterocycles. The molecule has 0 spiro atoms. The van der Waals surface area contributed by atoms with Crippen LogP contribution in [0.25, 0.3) is 0 Å². The summed E-state index contributed by atoms with van der Waals surface area (Å²) in [6.45, 7) is 2.99. The summed E-state index contributed by atoms with van der Waals surface area (Å²) in [6.07, 6.45) is 8.67. The highest BCUT2D eigenvalue weighted by Gasteiger charge is 2.31. The van der Waals surface area contributed by atoms with Crippen LogP contribution in [-0.4, -0.2) is 23.4 Å². The SMILES string of the molecule is CCC(=O)N1CCCC1CC1CCC1. The molecule has 80 valence electrons. The molecule has 1 unspecified atom stereocenters. The highest BCUT2D eigenvalue weighted by atomic mass is 16.2. The van der Waals surface area contributed by atoms with Crippen LogP contribution in [0.3, 0.4) is 0 Å². The molecular weight excluding hydrogens is 174 g/mol.